The monoisotopic (exact) mass is 400 g/mol. The van der Waals surface area contributed by atoms with E-state index in [1.807, 2.05) is 0 Å². The van der Waals surface area contributed by atoms with E-state index >= 15 is 0 Å². The average molecular weight is 400 g/mol. The second-order valence-corrected chi connectivity index (χ2v) is 7.89. The second-order valence-electron chi connectivity index (χ2n) is 6.81. The number of thiophene rings is 1. The number of primary amides is 1. The summed E-state index contributed by atoms with van der Waals surface area (Å²) in [6.45, 7) is 0.159. The average Bonchev–Trinajstić information content (AvgIpc) is 3.29. The van der Waals surface area contributed by atoms with Gasteiger partial charge in [0.1, 0.15) is 16.4 Å². The molecule has 3 aromatic rings. The van der Waals surface area contributed by atoms with E-state index in [0.717, 1.165) is 41.5 Å². The van der Waals surface area contributed by atoms with Crippen LogP contribution in [0.15, 0.2) is 21.3 Å². The van der Waals surface area contributed by atoms with Gasteiger partial charge in [0.05, 0.1) is 11.9 Å². The largest absolute Gasteiger partial charge is 0.454 e. The molecular formula is C19H20N4O4S. The Morgan fingerprint density at radius 3 is 2.89 bits per heavy atom. The molecule has 3 heterocycles. The minimum atomic E-state index is -0.654. The Labute approximate surface area is 164 Å². The first-order valence-corrected chi connectivity index (χ1v) is 10.0. The lowest BCUT2D eigenvalue weighted by Crippen LogP contribution is -2.23. The highest BCUT2D eigenvalue weighted by atomic mass is 32.1. The van der Waals surface area contributed by atoms with E-state index in [4.69, 9.17) is 10.2 Å². The van der Waals surface area contributed by atoms with Crippen molar-refractivity contribution in [1.82, 2.24) is 15.3 Å². The molecule has 0 aliphatic heterocycles. The Bertz CT molecular complexity index is 1110. The van der Waals surface area contributed by atoms with Crippen molar-refractivity contribution >= 4 is 33.4 Å². The maximum atomic E-state index is 12.5. The third kappa shape index (κ3) is 3.70. The normalized spacial score (nSPS) is 13.4. The highest BCUT2D eigenvalue weighted by molar-refractivity contribution is 7.18. The van der Waals surface area contributed by atoms with E-state index in [2.05, 4.69) is 15.3 Å². The lowest BCUT2D eigenvalue weighted by Gasteiger charge is -2.09. The maximum absolute atomic E-state index is 12.5. The van der Waals surface area contributed by atoms with Crippen molar-refractivity contribution < 1.29 is 14.0 Å². The first-order chi connectivity index (χ1) is 13.5. The summed E-state index contributed by atoms with van der Waals surface area (Å²) >= 11 is 1.59. The van der Waals surface area contributed by atoms with Gasteiger partial charge in [0, 0.05) is 17.7 Å². The van der Waals surface area contributed by atoms with Crippen LogP contribution in [0.2, 0.25) is 0 Å². The first-order valence-electron chi connectivity index (χ1n) is 9.20. The molecule has 0 unspecified atom stereocenters. The van der Waals surface area contributed by atoms with E-state index in [0.29, 0.717) is 18.0 Å². The molecule has 146 valence electrons. The number of carbonyl (C=O) groups is 2. The highest BCUT2D eigenvalue weighted by Crippen LogP contribution is 2.33. The maximum Gasteiger partial charge on any atom is 0.284 e. The van der Waals surface area contributed by atoms with Crippen LogP contribution in [0.4, 0.5) is 0 Å². The molecule has 0 saturated carbocycles. The third-order valence-corrected chi connectivity index (χ3v) is 6.01. The number of rotatable bonds is 6. The van der Waals surface area contributed by atoms with E-state index in [1.165, 1.54) is 10.9 Å². The number of aromatic amines is 1. The molecule has 0 bridgehead atoms. The molecule has 9 heteroatoms. The van der Waals surface area contributed by atoms with Gasteiger partial charge in [-0.15, -0.1) is 11.3 Å². The van der Waals surface area contributed by atoms with Crippen molar-refractivity contribution in [3.8, 4) is 0 Å². The number of amides is 2. The molecule has 2 amide bonds. The smallest absolute Gasteiger partial charge is 0.284 e. The summed E-state index contributed by atoms with van der Waals surface area (Å²) in [5.74, 6) is 0.154. The van der Waals surface area contributed by atoms with Gasteiger partial charge in [-0.3, -0.25) is 14.4 Å². The van der Waals surface area contributed by atoms with Crippen LogP contribution in [0, 0.1) is 0 Å². The lowest BCUT2D eigenvalue weighted by atomic mass is 9.97. The lowest BCUT2D eigenvalue weighted by molar-refractivity contribution is -0.121. The molecule has 1 aliphatic carbocycles. The van der Waals surface area contributed by atoms with Crippen LogP contribution in [-0.4, -0.2) is 21.8 Å². The SMILES string of the molecule is NC(=O)c1ccc(CNC(=O)CCc2nc3sc4c(c3c(=O)[nH]2)CCCC4)o1. The molecule has 4 rings (SSSR count). The number of hydrogen-bond donors (Lipinski definition) is 3. The van der Waals surface area contributed by atoms with Gasteiger partial charge in [-0.1, -0.05) is 0 Å². The van der Waals surface area contributed by atoms with Crippen LogP contribution in [0.1, 0.15) is 51.8 Å². The van der Waals surface area contributed by atoms with Gasteiger partial charge in [0.25, 0.3) is 11.5 Å². The summed E-state index contributed by atoms with van der Waals surface area (Å²) in [6.07, 6.45) is 4.73. The van der Waals surface area contributed by atoms with Gasteiger partial charge >= 0.3 is 0 Å². The fourth-order valence-corrected chi connectivity index (χ4v) is 4.72. The Morgan fingerprint density at radius 2 is 2.11 bits per heavy atom. The zero-order valence-corrected chi connectivity index (χ0v) is 16.0. The number of nitrogens with two attached hydrogens (primary N) is 1. The summed E-state index contributed by atoms with van der Waals surface area (Å²) < 4.78 is 5.21. The Morgan fingerprint density at radius 1 is 1.29 bits per heavy atom. The van der Waals surface area contributed by atoms with Crippen molar-refractivity contribution in [3.05, 3.63) is 50.3 Å². The fraction of sp³-hybridized carbons (Fsp3) is 0.368. The van der Waals surface area contributed by atoms with Gasteiger partial charge in [-0.05, 0) is 43.4 Å². The van der Waals surface area contributed by atoms with Crippen LogP contribution < -0.4 is 16.6 Å². The van der Waals surface area contributed by atoms with Crippen molar-refractivity contribution in [1.29, 1.82) is 0 Å². The van der Waals surface area contributed by atoms with Gasteiger partial charge in [0.15, 0.2) is 5.76 Å². The number of fused-ring (bicyclic) bond motifs is 3. The van der Waals surface area contributed by atoms with Crippen molar-refractivity contribution in [3.63, 3.8) is 0 Å². The minimum Gasteiger partial charge on any atom is -0.454 e. The van der Waals surface area contributed by atoms with Crippen LogP contribution >= 0.6 is 11.3 Å². The van der Waals surface area contributed by atoms with Gasteiger partial charge < -0.3 is 20.5 Å². The predicted octanol–water partition coefficient (Wildman–Crippen LogP) is 1.80. The Hall–Kier alpha value is -2.94. The van der Waals surface area contributed by atoms with Gasteiger partial charge in [-0.25, -0.2) is 4.98 Å². The molecule has 0 saturated heterocycles. The number of H-pyrrole nitrogens is 1. The summed E-state index contributed by atoms with van der Waals surface area (Å²) in [5.41, 5.74) is 6.16. The molecular weight excluding hydrogens is 380 g/mol. The van der Waals surface area contributed by atoms with Gasteiger partial charge in [0.2, 0.25) is 5.91 Å². The topological polar surface area (TPSA) is 131 Å². The molecule has 0 aromatic carbocycles. The number of aryl methyl sites for hydroxylation is 3. The molecule has 3 aromatic heterocycles. The fourth-order valence-electron chi connectivity index (χ4n) is 3.44. The molecule has 28 heavy (non-hydrogen) atoms. The predicted molar refractivity (Wildman–Crippen MR) is 104 cm³/mol. The second kappa shape index (κ2) is 7.59. The molecule has 0 spiro atoms. The van der Waals surface area contributed by atoms with E-state index in [9.17, 15) is 14.4 Å². The van der Waals surface area contributed by atoms with Crippen LogP contribution in [0.25, 0.3) is 10.2 Å². The summed E-state index contributed by atoms with van der Waals surface area (Å²) in [6, 6.07) is 3.06. The van der Waals surface area contributed by atoms with Crippen LogP contribution in [0.3, 0.4) is 0 Å². The highest BCUT2D eigenvalue weighted by Gasteiger charge is 2.20. The zero-order chi connectivity index (χ0) is 19.7. The van der Waals surface area contributed by atoms with Crippen molar-refractivity contribution in [2.45, 2.75) is 45.1 Å². The molecule has 0 radical (unpaired) electrons. The van der Waals surface area contributed by atoms with E-state index in [-0.39, 0.29) is 30.2 Å². The molecule has 4 N–H and O–H groups in total. The quantitative estimate of drug-likeness (QED) is 0.581. The van der Waals surface area contributed by atoms with E-state index < -0.39 is 5.91 Å². The van der Waals surface area contributed by atoms with Crippen molar-refractivity contribution in [2.75, 3.05) is 0 Å². The first kappa shape index (κ1) is 18.4. The number of nitrogens with zero attached hydrogens (tertiary/aromatic N) is 1. The molecule has 0 atom stereocenters. The molecule has 0 fully saturated rings. The van der Waals surface area contributed by atoms with Crippen LogP contribution in [-0.2, 0) is 30.6 Å². The number of furan rings is 1. The number of aromatic nitrogens is 2. The summed E-state index contributed by atoms with van der Waals surface area (Å²) in [5, 5.41) is 3.43. The molecule has 1 aliphatic rings. The number of nitrogens with one attached hydrogen (secondary N) is 2. The third-order valence-electron chi connectivity index (χ3n) is 4.83. The minimum absolute atomic E-state index is 0.0537. The zero-order valence-electron chi connectivity index (χ0n) is 15.2. The molecule has 8 nitrogen and oxygen atoms in total. The summed E-state index contributed by atoms with van der Waals surface area (Å²) in [7, 11) is 0. The Kier molecular flexibility index (Phi) is 4.99. The van der Waals surface area contributed by atoms with Crippen LogP contribution in [0.5, 0.6) is 0 Å². The number of carbonyl (C=O) groups excluding carboxylic acids is 2. The summed E-state index contributed by atoms with van der Waals surface area (Å²) in [4.78, 5) is 45.0. The van der Waals surface area contributed by atoms with E-state index in [1.54, 1.807) is 17.4 Å². The van der Waals surface area contributed by atoms with Gasteiger partial charge in [-0.2, -0.15) is 0 Å². The van der Waals surface area contributed by atoms with Crippen molar-refractivity contribution in [2.24, 2.45) is 5.73 Å². The standard InChI is InChI=1S/C19H20N4O4S/c20-17(25)12-6-5-10(27-12)9-21-15(24)8-7-14-22-18(26)16-11-3-1-2-4-13(11)28-19(16)23-14/h5-6H,1-4,7-9H2,(H2,20,25)(H,21,24)(H,22,23,26). The number of hydrogen-bond acceptors (Lipinski definition) is 6. The Balaban J connectivity index is 1.38.